The number of fused-ring (bicyclic) bond motifs is 3. The van der Waals surface area contributed by atoms with Gasteiger partial charge in [-0.15, -0.1) is 0 Å². The van der Waals surface area contributed by atoms with Crippen LogP contribution in [0.3, 0.4) is 0 Å². The Morgan fingerprint density at radius 1 is 0.755 bits per heavy atom. The number of aliphatic carboxylic acids is 1. The van der Waals surface area contributed by atoms with Crippen LogP contribution in [0.2, 0.25) is 0 Å². The van der Waals surface area contributed by atoms with Crippen molar-refractivity contribution in [3.8, 4) is 34.1 Å². The van der Waals surface area contributed by atoms with E-state index in [1.54, 1.807) is 36.4 Å². The van der Waals surface area contributed by atoms with Gasteiger partial charge < -0.3 is 34.1 Å². The van der Waals surface area contributed by atoms with Crippen molar-refractivity contribution in [2.45, 2.75) is 25.0 Å². The summed E-state index contributed by atoms with van der Waals surface area (Å²) in [5.41, 5.74) is 5.01. The van der Waals surface area contributed by atoms with Gasteiger partial charge in [-0.1, -0.05) is 60.7 Å². The Morgan fingerprint density at radius 2 is 1.24 bits per heavy atom. The minimum absolute atomic E-state index is 0.0698. The number of carbonyl (C=O) groups is 2. The molecule has 0 heterocycles. The molecule has 49 heavy (non-hydrogen) atoms. The number of rotatable bonds is 15. The number of amides is 1. The second-order valence-electron chi connectivity index (χ2n) is 11.3. The Kier molecular flexibility index (Phi) is 10.9. The fraction of sp³-hybridized carbons (Fsp3) is 0.278. The summed E-state index contributed by atoms with van der Waals surface area (Å²) in [6.45, 7) is -0.455. The molecule has 1 amide bonds. The van der Waals surface area contributed by atoms with Crippen LogP contribution in [-0.4, -0.2) is 76.7 Å². The third-order valence-corrected chi connectivity index (χ3v) is 10.2. The average Bonchev–Trinajstić information content (AvgIpc) is 3.43. The number of nitrogens with zero attached hydrogens (tertiary/aromatic N) is 1. The van der Waals surface area contributed by atoms with E-state index in [0.29, 0.717) is 34.1 Å². The van der Waals surface area contributed by atoms with Gasteiger partial charge in [0.05, 0.1) is 34.2 Å². The van der Waals surface area contributed by atoms with Gasteiger partial charge >= 0.3 is 12.1 Å². The molecule has 13 heteroatoms. The minimum atomic E-state index is -4.39. The van der Waals surface area contributed by atoms with Crippen LogP contribution in [0.1, 0.15) is 28.2 Å². The summed E-state index contributed by atoms with van der Waals surface area (Å²) in [5, 5.41) is 12.3. The highest BCUT2D eigenvalue weighted by Crippen LogP contribution is 2.44. The summed E-state index contributed by atoms with van der Waals surface area (Å²) in [4.78, 5) is 25.4. The van der Waals surface area contributed by atoms with Gasteiger partial charge in [0.2, 0.25) is 10.0 Å². The second-order valence-corrected chi connectivity index (χ2v) is 13.3. The van der Waals surface area contributed by atoms with Gasteiger partial charge in [0.1, 0.15) is 35.6 Å². The number of carbonyl (C=O) groups excluding carboxylic acids is 1. The van der Waals surface area contributed by atoms with Crippen LogP contribution in [0.4, 0.5) is 4.79 Å². The molecule has 4 aromatic rings. The smallest absolute Gasteiger partial charge is 0.407 e. The fourth-order valence-corrected chi connectivity index (χ4v) is 7.40. The van der Waals surface area contributed by atoms with Gasteiger partial charge in [0.25, 0.3) is 0 Å². The zero-order valence-corrected chi connectivity index (χ0v) is 28.4. The highest BCUT2D eigenvalue weighted by atomic mass is 32.2. The number of alkyl carbamates (subject to hydrolysis) is 1. The molecule has 0 radical (unpaired) electrons. The molecule has 1 aliphatic rings. The molecule has 1 aliphatic carbocycles. The van der Waals surface area contributed by atoms with E-state index >= 15 is 0 Å². The van der Waals surface area contributed by atoms with E-state index in [2.05, 4.69) is 5.32 Å². The maximum absolute atomic E-state index is 14.1. The molecule has 12 nitrogen and oxygen atoms in total. The minimum Gasteiger partial charge on any atom is -0.497 e. The van der Waals surface area contributed by atoms with Crippen LogP contribution in [0.5, 0.6) is 23.0 Å². The molecular weight excluding hydrogens is 652 g/mol. The first-order valence-corrected chi connectivity index (χ1v) is 16.9. The standard InChI is InChI=1S/C36H38N2O10S/c1-44-25-15-13-23(33(17-25)46-3)19-38(20-24-14-16-26(45-2)18-34(24)47-4)49(42,43)22-32(35(39)40)37-36(41)48-21-31-29-11-7-5-9-27(29)28-10-6-8-12-30(28)31/h5-18,31-32H,19-22H2,1-4H3,(H,37,41)(H,39,40)/t32-/m0/s1. The number of hydrogen-bond donors (Lipinski definition) is 2. The summed E-state index contributed by atoms with van der Waals surface area (Å²) in [6.07, 6.45) is -1.05. The molecule has 0 spiro atoms. The number of hydrogen-bond acceptors (Lipinski definition) is 9. The first-order valence-electron chi connectivity index (χ1n) is 15.3. The maximum Gasteiger partial charge on any atom is 0.407 e. The average molecular weight is 691 g/mol. The molecule has 2 N–H and O–H groups in total. The summed E-state index contributed by atoms with van der Waals surface area (Å²) in [6, 6.07) is 23.6. The van der Waals surface area contributed by atoms with E-state index < -0.39 is 33.9 Å². The van der Waals surface area contributed by atoms with Crippen molar-refractivity contribution in [2.75, 3.05) is 40.8 Å². The highest BCUT2D eigenvalue weighted by molar-refractivity contribution is 7.89. The normalized spacial score (nSPS) is 12.8. The molecule has 0 saturated carbocycles. The van der Waals surface area contributed by atoms with Crippen molar-refractivity contribution in [3.05, 3.63) is 107 Å². The van der Waals surface area contributed by atoms with Crippen molar-refractivity contribution in [1.29, 1.82) is 0 Å². The van der Waals surface area contributed by atoms with Crippen molar-refractivity contribution >= 4 is 22.1 Å². The Hall–Kier alpha value is -5.27. The molecule has 0 saturated heterocycles. The first kappa shape index (κ1) is 35.0. The Bertz CT molecular complexity index is 1830. The van der Waals surface area contributed by atoms with Gasteiger partial charge in [0.15, 0.2) is 0 Å². The van der Waals surface area contributed by atoms with Gasteiger partial charge in [-0.05, 0) is 34.4 Å². The van der Waals surface area contributed by atoms with Crippen molar-refractivity contribution in [2.24, 2.45) is 0 Å². The quantitative estimate of drug-likeness (QED) is 0.174. The molecule has 0 fully saturated rings. The molecule has 258 valence electrons. The van der Waals surface area contributed by atoms with E-state index in [4.69, 9.17) is 23.7 Å². The van der Waals surface area contributed by atoms with E-state index in [0.717, 1.165) is 26.6 Å². The molecule has 0 aromatic heterocycles. The second kappa shape index (κ2) is 15.3. The Balaban J connectivity index is 1.36. The fourth-order valence-electron chi connectivity index (χ4n) is 5.87. The summed E-state index contributed by atoms with van der Waals surface area (Å²) in [5.74, 6) is -1.01. The monoisotopic (exact) mass is 690 g/mol. The summed E-state index contributed by atoms with van der Waals surface area (Å²) in [7, 11) is 1.50. The lowest BCUT2D eigenvalue weighted by molar-refractivity contribution is -0.138. The number of carboxylic acids is 1. The van der Waals surface area contributed by atoms with E-state index in [1.165, 1.54) is 28.4 Å². The van der Waals surface area contributed by atoms with E-state index in [1.807, 2.05) is 48.5 Å². The van der Waals surface area contributed by atoms with Crippen LogP contribution < -0.4 is 24.3 Å². The number of methoxy groups -OCH3 is 4. The van der Waals surface area contributed by atoms with Crippen LogP contribution in [-0.2, 0) is 32.6 Å². The van der Waals surface area contributed by atoms with E-state index in [9.17, 15) is 23.1 Å². The number of sulfonamides is 1. The predicted octanol–water partition coefficient (Wildman–Crippen LogP) is 5.04. The Morgan fingerprint density at radius 3 is 1.69 bits per heavy atom. The SMILES string of the molecule is COc1ccc(CN(Cc2ccc(OC)cc2OC)S(=O)(=O)C[C@H](NC(=O)OCC2c3ccccc3-c3ccccc32)C(=O)O)c(OC)c1. The summed E-state index contributed by atoms with van der Waals surface area (Å²) >= 11 is 0. The van der Waals surface area contributed by atoms with Crippen LogP contribution in [0, 0.1) is 0 Å². The van der Waals surface area contributed by atoms with Gasteiger partial charge in [0, 0.05) is 42.3 Å². The Labute approximate surface area is 285 Å². The molecule has 5 rings (SSSR count). The predicted molar refractivity (Wildman–Crippen MR) is 182 cm³/mol. The van der Waals surface area contributed by atoms with Crippen LogP contribution in [0.25, 0.3) is 11.1 Å². The third kappa shape index (κ3) is 7.90. The van der Waals surface area contributed by atoms with Crippen molar-refractivity contribution in [3.63, 3.8) is 0 Å². The van der Waals surface area contributed by atoms with Gasteiger partial charge in [-0.2, -0.15) is 4.31 Å². The largest absolute Gasteiger partial charge is 0.497 e. The number of nitrogens with one attached hydrogen (secondary N) is 1. The topological polar surface area (TPSA) is 150 Å². The lowest BCUT2D eigenvalue weighted by atomic mass is 9.98. The molecule has 0 aliphatic heterocycles. The van der Waals surface area contributed by atoms with Crippen molar-refractivity contribution in [1.82, 2.24) is 9.62 Å². The van der Waals surface area contributed by atoms with Gasteiger partial charge in [-0.25, -0.2) is 18.0 Å². The van der Waals surface area contributed by atoms with Gasteiger partial charge in [-0.3, -0.25) is 0 Å². The highest BCUT2D eigenvalue weighted by Gasteiger charge is 2.34. The zero-order valence-electron chi connectivity index (χ0n) is 27.5. The molecule has 0 unspecified atom stereocenters. The first-order chi connectivity index (χ1) is 23.6. The zero-order chi connectivity index (χ0) is 35.1. The number of ether oxygens (including phenoxy) is 5. The lowest BCUT2D eigenvalue weighted by Crippen LogP contribution is -2.48. The van der Waals surface area contributed by atoms with E-state index in [-0.39, 0.29) is 25.6 Å². The lowest BCUT2D eigenvalue weighted by Gasteiger charge is -2.26. The third-order valence-electron chi connectivity index (χ3n) is 8.39. The van der Waals surface area contributed by atoms with Crippen molar-refractivity contribution < 1.29 is 46.8 Å². The molecule has 0 bridgehead atoms. The number of benzene rings is 4. The maximum atomic E-state index is 14.1. The van der Waals surface area contributed by atoms with Crippen LogP contribution in [0.15, 0.2) is 84.9 Å². The van der Waals surface area contributed by atoms with Crippen LogP contribution >= 0.6 is 0 Å². The molecule has 4 aromatic carbocycles. The molecular formula is C36H38N2O10S. The summed E-state index contributed by atoms with van der Waals surface area (Å²) < 4.78 is 56.3. The molecule has 1 atom stereocenters. The number of carboxylic acid groups (broad SMARTS) is 1.